The molecule has 1 unspecified atom stereocenters. The Kier molecular flexibility index (Phi) is 6.45. The van der Waals surface area contributed by atoms with E-state index in [9.17, 15) is 0 Å². The molecule has 0 fully saturated rings. The Labute approximate surface area is 104 Å². The van der Waals surface area contributed by atoms with E-state index in [-0.39, 0.29) is 6.04 Å². The van der Waals surface area contributed by atoms with Crippen molar-refractivity contribution < 1.29 is 4.42 Å². The molecule has 0 aromatic carbocycles. The summed E-state index contributed by atoms with van der Waals surface area (Å²) in [7, 11) is 0. The first kappa shape index (κ1) is 13.1. The van der Waals surface area contributed by atoms with Crippen molar-refractivity contribution in [3.8, 4) is 0 Å². The smallest absolute Gasteiger partial charge is 0.134 e. The predicted molar refractivity (Wildman–Crippen MR) is 70.4 cm³/mol. The number of furan rings is 1. The van der Waals surface area contributed by atoms with Gasteiger partial charge in [0.25, 0.3) is 0 Å². The minimum absolute atomic E-state index is 0.281. The Morgan fingerprint density at radius 1 is 1.53 bits per heavy atom. The van der Waals surface area contributed by atoms with Gasteiger partial charge < -0.3 is 9.73 Å². The average molecular weight is 292 g/mol. The molecule has 4 heteroatoms. The number of unbranched alkanes of at least 4 members (excludes halogenated alkanes) is 1. The van der Waals surface area contributed by atoms with Gasteiger partial charge in [0.05, 0.1) is 16.8 Å². The second kappa shape index (κ2) is 7.36. The first-order valence-electron chi connectivity index (χ1n) is 5.21. The molecule has 1 heterocycles. The van der Waals surface area contributed by atoms with Gasteiger partial charge in [0, 0.05) is 0 Å². The lowest BCUT2D eigenvalue weighted by atomic mass is 10.2. The normalized spacial score (nSPS) is 13.0. The van der Waals surface area contributed by atoms with Crippen LogP contribution in [0.2, 0.25) is 0 Å². The molecule has 0 saturated heterocycles. The standard InChI is InChI=1S/C11H18BrNOS/c1-9(11-10(12)5-7-14-11)13-6-3-4-8-15-2/h5,7,9,13H,3-4,6,8H2,1-2H3. The number of thioether (sulfide) groups is 1. The minimum atomic E-state index is 0.281. The Bertz CT molecular complexity index is 277. The van der Waals surface area contributed by atoms with Crippen LogP contribution < -0.4 is 5.32 Å². The van der Waals surface area contributed by atoms with Crippen LogP contribution in [0.1, 0.15) is 31.6 Å². The zero-order valence-electron chi connectivity index (χ0n) is 9.25. The number of rotatable bonds is 7. The number of halogens is 1. The van der Waals surface area contributed by atoms with Gasteiger partial charge in [-0.15, -0.1) is 0 Å². The van der Waals surface area contributed by atoms with Gasteiger partial charge in [0.15, 0.2) is 0 Å². The Morgan fingerprint density at radius 3 is 2.93 bits per heavy atom. The van der Waals surface area contributed by atoms with Crippen molar-refractivity contribution in [2.75, 3.05) is 18.6 Å². The fraction of sp³-hybridized carbons (Fsp3) is 0.636. The molecule has 15 heavy (non-hydrogen) atoms. The summed E-state index contributed by atoms with van der Waals surface area (Å²) in [4.78, 5) is 0. The lowest BCUT2D eigenvalue weighted by Crippen LogP contribution is -2.19. The molecule has 1 aromatic rings. The monoisotopic (exact) mass is 291 g/mol. The molecule has 86 valence electrons. The van der Waals surface area contributed by atoms with E-state index >= 15 is 0 Å². The highest BCUT2D eigenvalue weighted by Crippen LogP contribution is 2.23. The summed E-state index contributed by atoms with van der Waals surface area (Å²) in [6.07, 6.45) is 6.37. The van der Waals surface area contributed by atoms with E-state index in [0.29, 0.717) is 0 Å². The highest BCUT2D eigenvalue weighted by atomic mass is 79.9. The second-order valence-corrected chi connectivity index (χ2v) is 5.35. The summed E-state index contributed by atoms with van der Waals surface area (Å²) in [6, 6.07) is 2.21. The van der Waals surface area contributed by atoms with Crippen molar-refractivity contribution in [3.63, 3.8) is 0 Å². The Balaban J connectivity index is 2.19. The molecule has 0 radical (unpaired) electrons. The summed E-state index contributed by atoms with van der Waals surface area (Å²) in [5, 5.41) is 3.45. The molecule has 0 saturated carbocycles. The summed E-state index contributed by atoms with van der Waals surface area (Å²) in [5.74, 6) is 2.24. The molecule has 0 aliphatic rings. The van der Waals surface area contributed by atoms with Gasteiger partial charge in [-0.05, 0) is 60.3 Å². The third kappa shape index (κ3) is 4.62. The molecule has 1 N–H and O–H groups in total. The van der Waals surface area contributed by atoms with Crippen molar-refractivity contribution in [2.45, 2.75) is 25.8 Å². The molecular formula is C11H18BrNOS. The Hall–Kier alpha value is 0.0700. The van der Waals surface area contributed by atoms with Gasteiger partial charge in [-0.3, -0.25) is 0 Å². The summed E-state index contributed by atoms with van der Waals surface area (Å²) in [6.45, 7) is 3.17. The first-order chi connectivity index (χ1) is 7.25. The van der Waals surface area contributed by atoms with E-state index < -0.39 is 0 Å². The van der Waals surface area contributed by atoms with Crippen LogP contribution in [0.3, 0.4) is 0 Å². The number of nitrogens with one attached hydrogen (secondary N) is 1. The van der Waals surface area contributed by atoms with Crippen molar-refractivity contribution in [3.05, 3.63) is 22.6 Å². The van der Waals surface area contributed by atoms with E-state index in [1.807, 2.05) is 17.8 Å². The molecule has 1 rings (SSSR count). The average Bonchev–Trinajstić information content (AvgIpc) is 2.64. The molecule has 0 aliphatic heterocycles. The highest BCUT2D eigenvalue weighted by molar-refractivity contribution is 9.10. The quantitative estimate of drug-likeness (QED) is 0.773. The molecule has 0 bridgehead atoms. The van der Waals surface area contributed by atoms with E-state index in [1.165, 1.54) is 18.6 Å². The first-order valence-corrected chi connectivity index (χ1v) is 7.39. The third-order valence-electron chi connectivity index (χ3n) is 2.26. The maximum atomic E-state index is 5.39. The molecule has 1 atom stereocenters. The molecular weight excluding hydrogens is 274 g/mol. The molecule has 0 aliphatic carbocycles. The van der Waals surface area contributed by atoms with Crippen LogP contribution >= 0.6 is 27.7 Å². The van der Waals surface area contributed by atoms with Gasteiger partial charge in [-0.1, -0.05) is 0 Å². The maximum absolute atomic E-state index is 5.39. The van der Waals surface area contributed by atoms with E-state index in [2.05, 4.69) is 34.4 Å². The van der Waals surface area contributed by atoms with Crippen molar-refractivity contribution in [2.24, 2.45) is 0 Å². The third-order valence-corrected chi connectivity index (χ3v) is 3.62. The van der Waals surface area contributed by atoms with Gasteiger partial charge in [-0.25, -0.2) is 0 Å². The van der Waals surface area contributed by atoms with Crippen molar-refractivity contribution in [1.29, 1.82) is 0 Å². The van der Waals surface area contributed by atoms with Gasteiger partial charge in [0.2, 0.25) is 0 Å². The molecule has 0 amide bonds. The highest BCUT2D eigenvalue weighted by Gasteiger charge is 2.11. The van der Waals surface area contributed by atoms with Crippen LogP contribution in [0.15, 0.2) is 21.2 Å². The lowest BCUT2D eigenvalue weighted by molar-refractivity contribution is 0.426. The second-order valence-electron chi connectivity index (χ2n) is 3.51. The fourth-order valence-electron chi connectivity index (χ4n) is 1.40. The number of hydrogen-bond donors (Lipinski definition) is 1. The SMILES string of the molecule is CSCCCCNC(C)c1occc1Br. The van der Waals surface area contributed by atoms with Crippen LogP contribution in [-0.2, 0) is 0 Å². The van der Waals surface area contributed by atoms with Crippen LogP contribution in [0.25, 0.3) is 0 Å². The van der Waals surface area contributed by atoms with E-state index in [4.69, 9.17) is 4.42 Å². The predicted octanol–water partition coefficient (Wildman–Crippen LogP) is 3.84. The summed E-state index contributed by atoms with van der Waals surface area (Å²) < 4.78 is 6.44. The van der Waals surface area contributed by atoms with Crippen molar-refractivity contribution in [1.82, 2.24) is 5.32 Å². The maximum Gasteiger partial charge on any atom is 0.134 e. The summed E-state index contributed by atoms with van der Waals surface area (Å²) in [5.41, 5.74) is 0. The Morgan fingerprint density at radius 2 is 2.33 bits per heavy atom. The fourth-order valence-corrected chi connectivity index (χ4v) is 2.43. The van der Waals surface area contributed by atoms with Crippen LogP contribution in [0.5, 0.6) is 0 Å². The van der Waals surface area contributed by atoms with Crippen molar-refractivity contribution >= 4 is 27.7 Å². The van der Waals surface area contributed by atoms with Crippen LogP contribution in [0.4, 0.5) is 0 Å². The lowest BCUT2D eigenvalue weighted by Gasteiger charge is -2.11. The zero-order chi connectivity index (χ0) is 11.1. The van der Waals surface area contributed by atoms with E-state index in [0.717, 1.165) is 16.8 Å². The number of hydrogen-bond acceptors (Lipinski definition) is 3. The molecule has 1 aromatic heterocycles. The zero-order valence-corrected chi connectivity index (χ0v) is 11.7. The van der Waals surface area contributed by atoms with Crippen LogP contribution in [-0.4, -0.2) is 18.6 Å². The summed E-state index contributed by atoms with van der Waals surface area (Å²) >= 11 is 5.37. The molecule has 0 spiro atoms. The minimum Gasteiger partial charge on any atom is -0.466 e. The van der Waals surface area contributed by atoms with Gasteiger partial charge in [-0.2, -0.15) is 11.8 Å². The topological polar surface area (TPSA) is 25.2 Å². The van der Waals surface area contributed by atoms with Gasteiger partial charge in [0.1, 0.15) is 5.76 Å². The largest absolute Gasteiger partial charge is 0.466 e. The molecule has 2 nitrogen and oxygen atoms in total. The van der Waals surface area contributed by atoms with Crippen LogP contribution in [0, 0.1) is 0 Å². The van der Waals surface area contributed by atoms with E-state index in [1.54, 1.807) is 6.26 Å². The van der Waals surface area contributed by atoms with Gasteiger partial charge >= 0.3 is 0 Å².